The molecule has 2 aromatic carbocycles. The predicted octanol–water partition coefficient (Wildman–Crippen LogP) is 5.48. The van der Waals surface area contributed by atoms with Gasteiger partial charge in [0.05, 0.1) is 0 Å². The normalized spacial score (nSPS) is 11.7. The number of carbonyl (C=O) groups is 1. The number of anilines is 2. The summed E-state index contributed by atoms with van der Waals surface area (Å²) in [5.41, 5.74) is 3.14. The zero-order chi connectivity index (χ0) is 23.3. The highest BCUT2D eigenvalue weighted by molar-refractivity contribution is 6.31. The fourth-order valence-electron chi connectivity index (χ4n) is 3.05. The molecule has 3 rings (SSSR count). The number of hydrogen-bond donors (Lipinski definition) is 3. The van der Waals surface area contributed by atoms with E-state index >= 15 is 0 Å². The van der Waals surface area contributed by atoms with E-state index in [4.69, 9.17) is 11.6 Å². The molecule has 7 nitrogen and oxygen atoms in total. The highest BCUT2D eigenvalue weighted by Gasteiger charge is 2.15. The molecule has 0 aliphatic heterocycles. The van der Waals surface area contributed by atoms with E-state index in [1.165, 1.54) is 0 Å². The second-order valence-corrected chi connectivity index (χ2v) is 8.87. The molecule has 1 heterocycles. The molecule has 0 radical (unpaired) electrons. The molecular formula is C24H25ClN6O. The van der Waals surface area contributed by atoms with E-state index in [9.17, 15) is 10.1 Å². The molecule has 0 fully saturated rings. The third-order valence-corrected chi connectivity index (χ3v) is 4.95. The number of benzene rings is 2. The van der Waals surface area contributed by atoms with Gasteiger partial charge in [-0.15, -0.1) is 0 Å². The van der Waals surface area contributed by atoms with E-state index in [-0.39, 0.29) is 11.0 Å². The van der Waals surface area contributed by atoms with Crippen LogP contribution in [0.1, 0.15) is 31.9 Å². The Kier molecular flexibility index (Phi) is 6.96. The molecule has 0 saturated carbocycles. The summed E-state index contributed by atoms with van der Waals surface area (Å²) in [6, 6.07) is 14.9. The lowest BCUT2D eigenvalue weighted by atomic mass is 9.93. The number of nitrogens with zero attached hydrogens (tertiary/aromatic N) is 3. The van der Waals surface area contributed by atoms with Gasteiger partial charge in [-0.05, 0) is 41.7 Å². The van der Waals surface area contributed by atoms with Crippen LogP contribution in [-0.2, 0) is 11.3 Å². The van der Waals surface area contributed by atoms with Crippen LogP contribution in [0.5, 0.6) is 0 Å². The van der Waals surface area contributed by atoms with Gasteiger partial charge in [-0.1, -0.05) is 62.7 Å². The molecule has 32 heavy (non-hydrogen) atoms. The molecule has 0 spiro atoms. The third-order valence-electron chi connectivity index (χ3n) is 4.59. The van der Waals surface area contributed by atoms with Crippen molar-refractivity contribution in [2.75, 3.05) is 10.6 Å². The summed E-state index contributed by atoms with van der Waals surface area (Å²) in [5.74, 6) is 0.533. The topological polar surface area (TPSA) is 106 Å². The van der Waals surface area contributed by atoms with Crippen molar-refractivity contribution in [2.45, 2.75) is 34.2 Å². The van der Waals surface area contributed by atoms with Gasteiger partial charge < -0.3 is 10.6 Å². The van der Waals surface area contributed by atoms with E-state index in [0.29, 0.717) is 29.0 Å². The summed E-state index contributed by atoms with van der Waals surface area (Å²) in [7, 11) is 0. The van der Waals surface area contributed by atoms with E-state index in [1.54, 1.807) is 24.3 Å². The van der Waals surface area contributed by atoms with Gasteiger partial charge in [0.1, 0.15) is 11.6 Å². The Morgan fingerprint density at radius 2 is 2.00 bits per heavy atom. The number of rotatable bonds is 6. The summed E-state index contributed by atoms with van der Waals surface area (Å²) in [4.78, 5) is 17.0. The van der Waals surface area contributed by atoms with E-state index < -0.39 is 5.91 Å². The third kappa shape index (κ3) is 5.96. The van der Waals surface area contributed by atoms with Crippen LogP contribution in [0.25, 0.3) is 11.4 Å². The van der Waals surface area contributed by atoms with Gasteiger partial charge in [0, 0.05) is 22.8 Å². The molecule has 3 N–H and O–H groups in total. The minimum Gasteiger partial charge on any atom is -0.350 e. The number of allylic oxidation sites excluding steroid dienone is 1. The second kappa shape index (κ2) is 9.67. The number of hydrogen-bond acceptors (Lipinski definition) is 5. The average Bonchev–Trinajstić information content (AvgIpc) is 3.20. The summed E-state index contributed by atoms with van der Waals surface area (Å²) >= 11 is 6.28. The minimum absolute atomic E-state index is 0.0714. The number of aryl methyl sites for hydroxylation is 1. The molecule has 0 saturated heterocycles. The molecule has 1 amide bonds. The van der Waals surface area contributed by atoms with Crippen molar-refractivity contribution in [3.8, 4) is 17.5 Å². The largest absolute Gasteiger partial charge is 0.350 e. The smallest absolute Gasteiger partial charge is 0.265 e. The number of amides is 1. The standard InChI is InChI=1S/C24H25ClN6O/c1-15-7-5-10-20(25)19(15)14-27-23-29-21(30-31-23)16-8-6-9-18(11-16)28-22(32)17(13-26)12-24(2,3)4/h5-12H,14H2,1-4H3,(H,28,32)(H2,27,29,30,31)/b17-12+. The Balaban J connectivity index is 1.72. The fraction of sp³-hybridized carbons (Fsp3) is 0.250. The van der Waals surface area contributed by atoms with Gasteiger partial charge in [-0.2, -0.15) is 15.3 Å². The molecule has 0 aliphatic rings. The van der Waals surface area contributed by atoms with Crippen molar-refractivity contribution in [1.29, 1.82) is 5.26 Å². The minimum atomic E-state index is -0.452. The zero-order valence-corrected chi connectivity index (χ0v) is 19.2. The van der Waals surface area contributed by atoms with Crippen molar-refractivity contribution in [3.05, 3.63) is 70.3 Å². The first-order valence-electron chi connectivity index (χ1n) is 10.1. The van der Waals surface area contributed by atoms with Gasteiger partial charge in [-0.25, -0.2) is 5.10 Å². The number of halogens is 1. The maximum absolute atomic E-state index is 12.5. The van der Waals surface area contributed by atoms with Crippen LogP contribution in [0.15, 0.2) is 54.1 Å². The van der Waals surface area contributed by atoms with Crippen LogP contribution in [-0.4, -0.2) is 21.1 Å². The number of carbonyl (C=O) groups excluding carboxylic acids is 1. The molecule has 3 aromatic rings. The van der Waals surface area contributed by atoms with Gasteiger partial charge in [0.15, 0.2) is 5.82 Å². The number of aromatic nitrogens is 3. The fourth-order valence-corrected chi connectivity index (χ4v) is 3.34. The van der Waals surface area contributed by atoms with E-state index in [2.05, 4.69) is 25.8 Å². The quantitative estimate of drug-likeness (QED) is 0.342. The highest BCUT2D eigenvalue weighted by atomic mass is 35.5. The summed E-state index contributed by atoms with van der Waals surface area (Å²) in [6.07, 6.45) is 1.65. The summed E-state index contributed by atoms with van der Waals surface area (Å²) in [5, 5.41) is 23.1. The van der Waals surface area contributed by atoms with Gasteiger partial charge >= 0.3 is 0 Å². The Morgan fingerprint density at radius 1 is 1.25 bits per heavy atom. The van der Waals surface area contributed by atoms with Crippen LogP contribution < -0.4 is 10.6 Å². The lowest BCUT2D eigenvalue weighted by molar-refractivity contribution is -0.112. The lowest BCUT2D eigenvalue weighted by Gasteiger charge is -2.13. The Bertz CT molecular complexity index is 1180. The SMILES string of the molecule is Cc1cccc(Cl)c1CNc1nc(-c2cccc(NC(=O)/C(C#N)=C/C(C)(C)C)c2)n[nH]1. The second-order valence-electron chi connectivity index (χ2n) is 8.47. The van der Waals surface area contributed by atoms with E-state index in [1.807, 2.05) is 58.0 Å². The first-order chi connectivity index (χ1) is 15.2. The monoisotopic (exact) mass is 448 g/mol. The molecular weight excluding hydrogens is 424 g/mol. The molecule has 8 heteroatoms. The maximum atomic E-state index is 12.5. The van der Waals surface area contributed by atoms with Gasteiger partial charge in [0.25, 0.3) is 5.91 Å². The molecule has 1 aromatic heterocycles. The maximum Gasteiger partial charge on any atom is 0.265 e. The average molecular weight is 449 g/mol. The lowest BCUT2D eigenvalue weighted by Crippen LogP contribution is -2.16. The van der Waals surface area contributed by atoms with Crippen molar-refractivity contribution in [2.24, 2.45) is 5.41 Å². The van der Waals surface area contributed by atoms with Crippen LogP contribution in [0, 0.1) is 23.7 Å². The molecule has 164 valence electrons. The van der Waals surface area contributed by atoms with Crippen molar-refractivity contribution < 1.29 is 4.79 Å². The molecule has 0 bridgehead atoms. The van der Waals surface area contributed by atoms with Crippen molar-refractivity contribution in [3.63, 3.8) is 0 Å². The Morgan fingerprint density at radius 3 is 2.69 bits per heavy atom. The number of nitriles is 1. The predicted molar refractivity (Wildman–Crippen MR) is 127 cm³/mol. The van der Waals surface area contributed by atoms with Gasteiger partial charge in [-0.3, -0.25) is 4.79 Å². The van der Waals surface area contributed by atoms with Gasteiger partial charge in [0.2, 0.25) is 5.95 Å². The number of nitrogens with one attached hydrogen (secondary N) is 3. The van der Waals surface area contributed by atoms with E-state index in [0.717, 1.165) is 16.7 Å². The highest BCUT2D eigenvalue weighted by Crippen LogP contribution is 2.23. The van der Waals surface area contributed by atoms with Crippen LogP contribution in [0.3, 0.4) is 0 Å². The Hall–Kier alpha value is -3.63. The van der Waals surface area contributed by atoms with Crippen molar-refractivity contribution >= 4 is 29.1 Å². The molecule has 0 atom stereocenters. The molecule has 0 aliphatic carbocycles. The Labute approximate surface area is 192 Å². The summed E-state index contributed by atoms with van der Waals surface area (Å²) < 4.78 is 0. The zero-order valence-electron chi connectivity index (χ0n) is 18.5. The van der Waals surface area contributed by atoms with Crippen LogP contribution in [0.4, 0.5) is 11.6 Å². The molecule has 0 unspecified atom stereocenters. The van der Waals surface area contributed by atoms with Crippen LogP contribution in [0.2, 0.25) is 5.02 Å². The number of H-pyrrole nitrogens is 1. The van der Waals surface area contributed by atoms with Crippen LogP contribution >= 0.6 is 11.6 Å². The first-order valence-corrected chi connectivity index (χ1v) is 10.5. The number of aromatic amines is 1. The first kappa shape index (κ1) is 23.0. The van der Waals surface area contributed by atoms with Crippen molar-refractivity contribution in [1.82, 2.24) is 15.2 Å². The summed E-state index contributed by atoms with van der Waals surface area (Å²) in [6.45, 7) is 8.30.